The Balaban J connectivity index is 1.91. The minimum atomic E-state index is -5.08. The highest BCUT2D eigenvalue weighted by atomic mass is 35.5. The predicted octanol–water partition coefficient (Wildman–Crippen LogP) is 7.82. The number of anilines is 1. The summed E-state index contributed by atoms with van der Waals surface area (Å²) in [5, 5.41) is 10.6. The number of aryl methyl sites for hydroxylation is 1. The van der Waals surface area contributed by atoms with E-state index in [9.17, 15) is 35.8 Å². The molecular formula is C25H21ClF7NO3. The van der Waals surface area contributed by atoms with Gasteiger partial charge in [0.2, 0.25) is 6.23 Å². The Morgan fingerprint density at radius 1 is 0.892 bits per heavy atom. The number of benzene rings is 3. The van der Waals surface area contributed by atoms with E-state index < -0.39 is 37.2 Å². The van der Waals surface area contributed by atoms with E-state index in [-0.39, 0.29) is 17.0 Å². The molecule has 1 N–H and O–H groups in total. The minimum absolute atomic E-state index is 0.0255. The third kappa shape index (κ3) is 7.42. The van der Waals surface area contributed by atoms with Gasteiger partial charge in [-0.15, -0.1) is 0 Å². The molecule has 0 aliphatic heterocycles. The van der Waals surface area contributed by atoms with Crippen LogP contribution in [0.4, 0.5) is 36.4 Å². The van der Waals surface area contributed by atoms with E-state index in [1.54, 1.807) is 18.2 Å². The SMILES string of the molecule is CCc1cc(Oc2cccc(N(Cc3cccc(OC(F)(F)C(F)F)c3)[C@@H](O)C(F)(F)F)c2)ccc1Cl. The third-order valence-electron chi connectivity index (χ3n) is 5.13. The van der Waals surface area contributed by atoms with Gasteiger partial charge in [-0.25, -0.2) is 0 Å². The van der Waals surface area contributed by atoms with Crippen molar-refractivity contribution in [3.05, 3.63) is 82.9 Å². The van der Waals surface area contributed by atoms with Crippen LogP contribution < -0.4 is 14.4 Å². The number of aliphatic hydroxyl groups excluding tert-OH is 1. The second kappa shape index (κ2) is 11.5. The van der Waals surface area contributed by atoms with Gasteiger partial charge < -0.3 is 19.5 Å². The van der Waals surface area contributed by atoms with Crippen LogP contribution in [0.3, 0.4) is 0 Å². The number of hydrogen-bond donors (Lipinski definition) is 1. The van der Waals surface area contributed by atoms with Gasteiger partial charge in [-0.1, -0.05) is 36.7 Å². The highest BCUT2D eigenvalue weighted by molar-refractivity contribution is 6.31. The quantitative estimate of drug-likeness (QED) is 0.206. The van der Waals surface area contributed by atoms with Crippen LogP contribution in [-0.4, -0.2) is 30.0 Å². The summed E-state index contributed by atoms with van der Waals surface area (Å²) in [5.41, 5.74) is 0.655. The first-order valence-electron chi connectivity index (χ1n) is 10.8. The molecule has 4 nitrogen and oxygen atoms in total. The minimum Gasteiger partial charge on any atom is -0.457 e. The number of hydrogen-bond acceptors (Lipinski definition) is 4. The molecule has 0 saturated carbocycles. The maximum atomic E-state index is 13.5. The zero-order chi connectivity index (χ0) is 27.4. The number of rotatable bonds is 10. The number of nitrogens with zero attached hydrogens (tertiary/aromatic N) is 1. The second-order valence-corrected chi connectivity index (χ2v) is 8.27. The van der Waals surface area contributed by atoms with Gasteiger partial charge in [0.25, 0.3) is 0 Å². The molecule has 0 amide bonds. The molecule has 0 aromatic heterocycles. The van der Waals surface area contributed by atoms with E-state index in [1.807, 2.05) is 6.92 Å². The van der Waals surface area contributed by atoms with Crippen LogP contribution in [0.25, 0.3) is 0 Å². The highest BCUT2D eigenvalue weighted by Gasteiger charge is 2.44. The summed E-state index contributed by atoms with van der Waals surface area (Å²) in [4.78, 5) is 0.552. The van der Waals surface area contributed by atoms with E-state index in [1.165, 1.54) is 30.3 Å². The summed E-state index contributed by atoms with van der Waals surface area (Å²) in [6, 6.07) is 14.6. The van der Waals surface area contributed by atoms with Gasteiger partial charge >= 0.3 is 18.7 Å². The normalized spacial score (nSPS) is 12.9. The molecule has 3 rings (SSSR count). The number of alkyl halides is 7. The van der Waals surface area contributed by atoms with E-state index in [0.717, 1.165) is 23.8 Å². The average Bonchev–Trinajstić information content (AvgIpc) is 2.83. The standard InChI is InChI=1S/C25H21ClF7NO3/c1-2-16-12-19(9-10-21(16)26)36-18-7-4-6-17(13-18)34(23(35)24(29,30)31)14-15-5-3-8-20(11-15)37-25(32,33)22(27)28/h3-13,22-23,35H,2,14H2,1H3/t23-/m0/s1. The fourth-order valence-electron chi connectivity index (χ4n) is 3.35. The molecule has 0 heterocycles. The monoisotopic (exact) mass is 551 g/mol. The molecule has 3 aromatic carbocycles. The van der Waals surface area contributed by atoms with Crippen molar-refractivity contribution < 1.29 is 45.3 Å². The second-order valence-electron chi connectivity index (χ2n) is 7.86. The van der Waals surface area contributed by atoms with E-state index in [4.69, 9.17) is 16.3 Å². The van der Waals surface area contributed by atoms with Gasteiger partial charge in [-0.2, -0.15) is 30.7 Å². The van der Waals surface area contributed by atoms with Crippen molar-refractivity contribution in [1.82, 2.24) is 0 Å². The molecule has 0 aliphatic carbocycles. The maximum absolute atomic E-state index is 13.5. The Labute approximate surface area is 212 Å². The van der Waals surface area contributed by atoms with E-state index >= 15 is 0 Å². The zero-order valence-electron chi connectivity index (χ0n) is 19.2. The summed E-state index contributed by atoms with van der Waals surface area (Å²) in [6.07, 6.45) is -16.4. The Kier molecular flexibility index (Phi) is 8.80. The first-order valence-corrected chi connectivity index (χ1v) is 11.2. The molecule has 3 aromatic rings. The maximum Gasteiger partial charge on any atom is 0.461 e. The molecule has 0 fully saturated rings. The first-order chi connectivity index (χ1) is 17.3. The van der Waals surface area contributed by atoms with Crippen LogP contribution in [0.5, 0.6) is 17.2 Å². The van der Waals surface area contributed by atoms with Crippen molar-refractivity contribution >= 4 is 17.3 Å². The van der Waals surface area contributed by atoms with Crippen LogP contribution in [0.15, 0.2) is 66.7 Å². The van der Waals surface area contributed by atoms with Crippen molar-refractivity contribution in [1.29, 1.82) is 0 Å². The molecule has 0 spiro atoms. The largest absolute Gasteiger partial charge is 0.461 e. The molecule has 0 radical (unpaired) electrons. The lowest BCUT2D eigenvalue weighted by Crippen LogP contribution is -2.45. The topological polar surface area (TPSA) is 41.9 Å². The van der Waals surface area contributed by atoms with Crippen LogP contribution in [0.1, 0.15) is 18.1 Å². The van der Waals surface area contributed by atoms with E-state index in [0.29, 0.717) is 22.1 Å². The lowest BCUT2D eigenvalue weighted by molar-refractivity contribution is -0.253. The smallest absolute Gasteiger partial charge is 0.457 e. The van der Waals surface area contributed by atoms with Crippen molar-refractivity contribution in [3.8, 4) is 17.2 Å². The first kappa shape index (κ1) is 28.4. The molecule has 0 unspecified atom stereocenters. The Morgan fingerprint density at radius 3 is 2.19 bits per heavy atom. The number of aliphatic hydroxyl groups is 1. The molecule has 0 saturated heterocycles. The predicted molar refractivity (Wildman–Crippen MR) is 124 cm³/mol. The van der Waals surface area contributed by atoms with Crippen molar-refractivity contribution in [3.63, 3.8) is 0 Å². The van der Waals surface area contributed by atoms with Crippen LogP contribution in [-0.2, 0) is 13.0 Å². The summed E-state index contributed by atoms with van der Waals surface area (Å²) in [7, 11) is 0. The van der Waals surface area contributed by atoms with Gasteiger partial charge in [-0.05, 0) is 60.0 Å². The van der Waals surface area contributed by atoms with E-state index in [2.05, 4.69) is 4.74 Å². The molecule has 0 aliphatic rings. The highest BCUT2D eigenvalue weighted by Crippen LogP contribution is 2.34. The Morgan fingerprint density at radius 2 is 1.54 bits per heavy atom. The van der Waals surface area contributed by atoms with Gasteiger partial charge in [0.1, 0.15) is 17.2 Å². The molecule has 0 bridgehead atoms. The summed E-state index contributed by atoms with van der Waals surface area (Å²) >= 11 is 6.10. The Hall–Kier alpha value is -3.18. The molecular weight excluding hydrogens is 531 g/mol. The molecule has 1 atom stereocenters. The molecule has 200 valence electrons. The van der Waals surface area contributed by atoms with Crippen molar-refractivity contribution in [2.24, 2.45) is 0 Å². The van der Waals surface area contributed by atoms with Crippen LogP contribution >= 0.6 is 11.6 Å². The average molecular weight is 552 g/mol. The lowest BCUT2D eigenvalue weighted by Gasteiger charge is -2.31. The Bertz CT molecular complexity index is 1210. The summed E-state index contributed by atoms with van der Waals surface area (Å²) < 4.78 is 102. The van der Waals surface area contributed by atoms with Crippen molar-refractivity contribution in [2.45, 2.75) is 44.8 Å². The van der Waals surface area contributed by atoms with Crippen LogP contribution in [0.2, 0.25) is 5.02 Å². The van der Waals surface area contributed by atoms with Gasteiger partial charge in [-0.3, -0.25) is 0 Å². The fraction of sp³-hybridized carbons (Fsp3) is 0.280. The molecule has 12 heteroatoms. The van der Waals surface area contributed by atoms with Gasteiger partial charge in [0.05, 0.1) is 0 Å². The summed E-state index contributed by atoms with van der Waals surface area (Å²) in [5.74, 6) is -0.156. The third-order valence-corrected chi connectivity index (χ3v) is 5.50. The van der Waals surface area contributed by atoms with Gasteiger partial charge in [0.15, 0.2) is 0 Å². The van der Waals surface area contributed by atoms with Crippen LogP contribution in [0, 0.1) is 0 Å². The van der Waals surface area contributed by atoms with Gasteiger partial charge in [0, 0.05) is 23.3 Å². The lowest BCUT2D eigenvalue weighted by atomic mass is 10.1. The number of halogens is 8. The van der Waals surface area contributed by atoms with Crippen molar-refractivity contribution in [2.75, 3.05) is 4.90 Å². The molecule has 37 heavy (non-hydrogen) atoms. The number of ether oxygens (including phenoxy) is 2. The fourth-order valence-corrected chi connectivity index (χ4v) is 3.60. The summed E-state index contributed by atoms with van der Waals surface area (Å²) in [6.45, 7) is 1.25. The zero-order valence-corrected chi connectivity index (χ0v) is 19.9.